The van der Waals surface area contributed by atoms with Gasteiger partial charge in [-0.15, -0.1) is 0 Å². The van der Waals surface area contributed by atoms with Crippen LogP contribution in [0.1, 0.15) is 40.2 Å². The number of aromatic nitrogens is 2. The molecule has 178 valence electrons. The second kappa shape index (κ2) is 10.8. The largest absolute Gasteiger partial charge is 0.388 e. The smallest absolute Gasteiger partial charge is 0.200 e. The van der Waals surface area contributed by atoms with E-state index in [4.69, 9.17) is 4.74 Å². The molecule has 1 aromatic carbocycles. The minimum absolute atomic E-state index is 0.0255. The zero-order valence-corrected chi connectivity index (χ0v) is 19.1. The molecular weight excluding hydrogens is 439 g/mol. The predicted molar refractivity (Wildman–Crippen MR) is 124 cm³/mol. The summed E-state index contributed by atoms with van der Waals surface area (Å²) in [6.45, 7) is 4.03. The average Bonchev–Trinajstić information content (AvgIpc) is 2.84. The maximum absolute atomic E-state index is 13.9. The molecule has 9 heteroatoms. The Labute approximate surface area is 197 Å². The van der Waals surface area contributed by atoms with Crippen LogP contribution in [0.3, 0.4) is 0 Å². The van der Waals surface area contributed by atoms with E-state index in [1.807, 2.05) is 0 Å². The van der Waals surface area contributed by atoms with Gasteiger partial charge in [-0.1, -0.05) is 0 Å². The summed E-state index contributed by atoms with van der Waals surface area (Å²) in [4.78, 5) is 48.3. The molecule has 8 nitrogen and oxygen atoms in total. The quantitative estimate of drug-likeness (QED) is 0.444. The number of ketones is 3. The fourth-order valence-corrected chi connectivity index (χ4v) is 4.21. The van der Waals surface area contributed by atoms with Crippen molar-refractivity contribution >= 4 is 29.1 Å². The lowest BCUT2D eigenvalue weighted by Crippen LogP contribution is -2.37. The Morgan fingerprint density at radius 2 is 1.88 bits per heavy atom. The Balaban J connectivity index is 1.36. The summed E-state index contributed by atoms with van der Waals surface area (Å²) in [6.07, 6.45) is 5.35. The van der Waals surface area contributed by atoms with Gasteiger partial charge in [0.2, 0.25) is 0 Å². The zero-order valence-electron chi connectivity index (χ0n) is 19.1. The number of benzene rings is 1. The van der Waals surface area contributed by atoms with Crippen molar-refractivity contribution in [1.82, 2.24) is 14.9 Å². The number of halogens is 1. The molecule has 1 fully saturated rings. The SMILES string of the molecule is CNc1cc(F)cc2c1CC(=O)C(C(=O)Cc1cnc(C(=O)CCCN3CCOCC3)nc1)=C2. The van der Waals surface area contributed by atoms with E-state index in [1.54, 1.807) is 7.05 Å². The second-order valence-electron chi connectivity index (χ2n) is 8.42. The summed E-state index contributed by atoms with van der Waals surface area (Å²) >= 11 is 0. The van der Waals surface area contributed by atoms with Gasteiger partial charge in [0, 0.05) is 57.5 Å². The molecule has 4 rings (SSSR count). The van der Waals surface area contributed by atoms with Gasteiger partial charge in [-0.2, -0.15) is 0 Å². The molecule has 0 unspecified atom stereocenters. The molecule has 1 aliphatic carbocycles. The molecule has 0 amide bonds. The van der Waals surface area contributed by atoms with E-state index in [0.717, 1.165) is 39.3 Å². The lowest BCUT2D eigenvalue weighted by atomic mass is 9.87. The third kappa shape index (κ3) is 5.60. The minimum atomic E-state index is -0.445. The van der Waals surface area contributed by atoms with Crippen LogP contribution < -0.4 is 5.32 Å². The highest BCUT2D eigenvalue weighted by Gasteiger charge is 2.26. The van der Waals surface area contributed by atoms with E-state index < -0.39 is 5.82 Å². The standard InChI is InChI=1S/C25H27FN4O4/c1-27-21-12-18(26)10-17-11-20(24(33)13-19(17)21)23(32)9-16-14-28-25(29-15-16)22(31)3-2-4-30-5-7-34-8-6-30/h10-12,14-15,27H,2-9,13H2,1H3. The second-order valence-corrected chi connectivity index (χ2v) is 8.42. The first-order valence-corrected chi connectivity index (χ1v) is 11.4. The molecule has 1 saturated heterocycles. The molecule has 0 radical (unpaired) electrons. The van der Waals surface area contributed by atoms with Crippen LogP contribution in [0, 0.1) is 5.82 Å². The van der Waals surface area contributed by atoms with E-state index in [9.17, 15) is 18.8 Å². The van der Waals surface area contributed by atoms with Crippen LogP contribution in [0.5, 0.6) is 0 Å². The van der Waals surface area contributed by atoms with Crippen molar-refractivity contribution in [3.05, 3.63) is 58.4 Å². The Morgan fingerprint density at radius 3 is 2.59 bits per heavy atom. The van der Waals surface area contributed by atoms with Crippen molar-refractivity contribution in [3.8, 4) is 0 Å². The lowest BCUT2D eigenvalue weighted by molar-refractivity contribution is -0.120. The van der Waals surface area contributed by atoms with Gasteiger partial charge in [0.25, 0.3) is 0 Å². The fraction of sp³-hybridized carbons (Fsp3) is 0.400. The van der Waals surface area contributed by atoms with Gasteiger partial charge in [0.1, 0.15) is 5.82 Å². The molecule has 1 N–H and O–H groups in total. The molecule has 2 aliphatic rings. The number of anilines is 1. The molecule has 0 saturated carbocycles. The summed E-state index contributed by atoms with van der Waals surface area (Å²) in [5.41, 5.74) is 2.25. The molecule has 0 bridgehead atoms. The number of nitrogens with one attached hydrogen (secondary N) is 1. The van der Waals surface area contributed by atoms with E-state index in [1.165, 1.54) is 30.6 Å². The first-order chi connectivity index (χ1) is 16.4. The molecule has 0 spiro atoms. The third-order valence-corrected chi connectivity index (χ3v) is 6.06. The van der Waals surface area contributed by atoms with E-state index in [0.29, 0.717) is 28.8 Å². The monoisotopic (exact) mass is 466 g/mol. The molecule has 0 atom stereocenters. The third-order valence-electron chi connectivity index (χ3n) is 6.06. The number of rotatable bonds is 9. The predicted octanol–water partition coefficient (Wildman–Crippen LogP) is 2.27. The number of ether oxygens (including phenoxy) is 1. The van der Waals surface area contributed by atoms with Crippen LogP contribution in [0.4, 0.5) is 10.1 Å². The van der Waals surface area contributed by atoms with Crippen molar-refractivity contribution in [2.75, 3.05) is 45.2 Å². The van der Waals surface area contributed by atoms with Gasteiger partial charge < -0.3 is 10.1 Å². The maximum Gasteiger partial charge on any atom is 0.200 e. The average molecular weight is 467 g/mol. The number of allylic oxidation sites excluding steroid dienone is 1. The van der Waals surface area contributed by atoms with Crippen molar-refractivity contribution in [2.24, 2.45) is 0 Å². The highest BCUT2D eigenvalue weighted by atomic mass is 19.1. The van der Waals surface area contributed by atoms with Gasteiger partial charge in [-0.3, -0.25) is 19.3 Å². The van der Waals surface area contributed by atoms with E-state index in [2.05, 4.69) is 20.2 Å². The Morgan fingerprint density at radius 1 is 1.15 bits per heavy atom. The minimum Gasteiger partial charge on any atom is -0.388 e. The van der Waals surface area contributed by atoms with Gasteiger partial charge in [0.05, 0.1) is 18.8 Å². The zero-order chi connectivity index (χ0) is 24.1. The Hall–Kier alpha value is -3.30. The van der Waals surface area contributed by atoms with E-state index >= 15 is 0 Å². The topological polar surface area (TPSA) is 101 Å². The van der Waals surface area contributed by atoms with Crippen LogP contribution >= 0.6 is 0 Å². The number of carbonyl (C=O) groups is 3. The van der Waals surface area contributed by atoms with Crippen molar-refractivity contribution in [1.29, 1.82) is 0 Å². The number of hydrogen-bond acceptors (Lipinski definition) is 8. The van der Waals surface area contributed by atoms with Gasteiger partial charge in [0.15, 0.2) is 23.2 Å². The van der Waals surface area contributed by atoms with Crippen molar-refractivity contribution in [2.45, 2.75) is 25.7 Å². The number of fused-ring (bicyclic) bond motifs is 1. The van der Waals surface area contributed by atoms with Crippen LogP contribution in [0.15, 0.2) is 30.1 Å². The van der Waals surface area contributed by atoms with Crippen LogP contribution in [-0.2, 0) is 27.2 Å². The molecule has 34 heavy (non-hydrogen) atoms. The van der Waals surface area contributed by atoms with Crippen LogP contribution in [0.25, 0.3) is 6.08 Å². The molecule has 2 heterocycles. The number of carbonyl (C=O) groups excluding carboxylic acids is 3. The number of Topliss-reactive ketones (excluding diaryl/α,β-unsaturated/α-hetero) is 3. The number of nitrogens with zero attached hydrogens (tertiary/aromatic N) is 3. The molecule has 2 aromatic rings. The van der Waals surface area contributed by atoms with Gasteiger partial charge >= 0.3 is 0 Å². The van der Waals surface area contributed by atoms with Crippen molar-refractivity contribution in [3.63, 3.8) is 0 Å². The summed E-state index contributed by atoms with van der Waals surface area (Å²) in [7, 11) is 1.66. The number of hydrogen-bond donors (Lipinski definition) is 1. The van der Waals surface area contributed by atoms with Gasteiger partial charge in [-0.05, 0) is 47.9 Å². The summed E-state index contributed by atoms with van der Waals surface area (Å²) in [5, 5.41) is 2.89. The molecular formula is C25H27FN4O4. The first-order valence-electron chi connectivity index (χ1n) is 11.4. The van der Waals surface area contributed by atoms with Crippen LogP contribution in [0.2, 0.25) is 0 Å². The highest BCUT2D eigenvalue weighted by Crippen LogP contribution is 2.30. The van der Waals surface area contributed by atoms with Crippen molar-refractivity contribution < 1.29 is 23.5 Å². The Kier molecular flexibility index (Phi) is 7.54. The van der Waals surface area contributed by atoms with E-state index in [-0.39, 0.29) is 41.6 Å². The maximum atomic E-state index is 13.9. The first kappa shape index (κ1) is 23.8. The van der Waals surface area contributed by atoms with Crippen LogP contribution in [-0.4, -0.2) is 72.1 Å². The number of morpholine rings is 1. The summed E-state index contributed by atoms with van der Waals surface area (Å²) < 4.78 is 19.2. The Bertz CT molecular complexity index is 1120. The normalized spacial score (nSPS) is 16.1. The summed E-state index contributed by atoms with van der Waals surface area (Å²) in [6, 6.07) is 2.65. The lowest BCUT2D eigenvalue weighted by Gasteiger charge is -2.26. The highest BCUT2D eigenvalue weighted by molar-refractivity contribution is 6.25. The van der Waals surface area contributed by atoms with Gasteiger partial charge in [-0.25, -0.2) is 14.4 Å². The molecule has 1 aliphatic heterocycles. The fourth-order valence-electron chi connectivity index (χ4n) is 4.21. The summed E-state index contributed by atoms with van der Waals surface area (Å²) in [5.74, 6) is -1.17. The molecule has 1 aromatic heterocycles.